The minimum atomic E-state index is -1.15. The number of urea groups is 1. The lowest BCUT2D eigenvalue weighted by Gasteiger charge is -2.23. The first kappa shape index (κ1) is 23.8. The lowest BCUT2D eigenvalue weighted by molar-refractivity contribution is 0.153. The van der Waals surface area contributed by atoms with Crippen LogP contribution in [0.5, 0.6) is 5.75 Å². The molecule has 33 heavy (non-hydrogen) atoms. The average Bonchev–Trinajstić information content (AvgIpc) is 2.79. The van der Waals surface area contributed by atoms with Gasteiger partial charge >= 0.3 is 6.03 Å². The Hall–Kier alpha value is -3.85. The van der Waals surface area contributed by atoms with Crippen molar-refractivity contribution in [2.24, 2.45) is 4.99 Å². The van der Waals surface area contributed by atoms with Gasteiger partial charge in [0.1, 0.15) is 17.4 Å². The van der Waals surface area contributed by atoms with Crippen LogP contribution in [0, 0.1) is 5.82 Å². The number of carbonyl (C=O) groups is 1. The van der Waals surface area contributed by atoms with Crippen LogP contribution in [0.25, 0.3) is 0 Å². The molecule has 2 aromatic carbocycles. The molecule has 2 amide bonds. The van der Waals surface area contributed by atoms with Crippen LogP contribution < -0.4 is 15.0 Å². The van der Waals surface area contributed by atoms with Crippen LogP contribution in [0.1, 0.15) is 26.3 Å². The van der Waals surface area contributed by atoms with E-state index in [9.17, 15) is 14.3 Å². The number of halogens is 1. The van der Waals surface area contributed by atoms with Gasteiger partial charge in [0.25, 0.3) is 5.95 Å². The highest BCUT2D eigenvalue weighted by molar-refractivity contribution is 5.98. The Balaban J connectivity index is 1.96. The number of nitrogens with one attached hydrogen (secondary N) is 1. The molecule has 0 saturated heterocycles. The van der Waals surface area contributed by atoms with Crippen molar-refractivity contribution >= 4 is 29.2 Å². The maximum Gasteiger partial charge on any atom is 0.327 e. The quantitative estimate of drug-likeness (QED) is 0.514. The predicted octanol–water partition coefficient (Wildman–Crippen LogP) is 4.54. The normalized spacial score (nSPS) is 11.8. The van der Waals surface area contributed by atoms with E-state index in [1.807, 2.05) is 0 Å². The number of hydrogen-bond acceptors (Lipinski definition) is 6. The number of aliphatic imine (C=N–C) groups is 1. The number of benzene rings is 2. The summed E-state index contributed by atoms with van der Waals surface area (Å²) in [5, 5.41) is 12.9. The van der Waals surface area contributed by atoms with Crippen molar-refractivity contribution in [1.29, 1.82) is 0 Å². The molecule has 0 saturated carbocycles. The Labute approximate surface area is 191 Å². The van der Waals surface area contributed by atoms with E-state index >= 15 is 0 Å². The number of aromatic nitrogens is 2. The third-order valence-electron chi connectivity index (χ3n) is 4.93. The molecule has 1 aromatic heterocycles. The largest absolute Gasteiger partial charge is 0.497 e. The van der Waals surface area contributed by atoms with Crippen LogP contribution in [0.4, 0.5) is 26.6 Å². The highest BCUT2D eigenvalue weighted by Crippen LogP contribution is 2.27. The minimum Gasteiger partial charge on any atom is -0.497 e. The van der Waals surface area contributed by atoms with Crippen molar-refractivity contribution in [1.82, 2.24) is 15.3 Å². The highest BCUT2D eigenvalue weighted by atomic mass is 19.1. The SMILES string of the molecule is COc1ccc(N(C(=O)NCc2ccccc2F)c2ccnc(N=C(C)C(C)(C)O)n2)cc1. The van der Waals surface area contributed by atoms with E-state index in [0.29, 0.717) is 22.7 Å². The van der Waals surface area contributed by atoms with Gasteiger partial charge in [-0.25, -0.2) is 24.1 Å². The first-order valence-electron chi connectivity index (χ1n) is 10.3. The summed E-state index contributed by atoms with van der Waals surface area (Å²) < 4.78 is 19.2. The molecule has 0 aliphatic rings. The molecule has 172 valence electrons. The summed E-state index contributed by atoms with van der Waals surface area (Å²) in [4.78, 5) is 27.3. The van der Waals surface area contributed by atoms with Gasteiger partial charge in [0.2, 0.25) is 0 Å². The van der Waals surface area contributed by atoms with Gasteiger partial charge in [-0.1, -0.05) is 18.2 Å². The number of carbonyl (C=O) groups excluding carboxylic acids is 1. The van der Waals surface area contributed by atoms with Gasteiger partial charge in [0.15, 0.2) is 0 Å². The van der Waals surface area contributed by atoms with Crippen LogP contribution in [-0.2, 0) is 6.54 Å². The minimum absolute atomic E-state index is 0.00787. The van der Waals surface area contributed by atoms with E-state index < -0.39 is 17.4 Å². The maximum atomic E-state index is 14.0. The zero-order valence-corrected chi connectivity index (χ0v) is 18.9. The summed E-state index contributed by atoms with van der Waals surface area (Å²) in [5.74, 6) is 0.560. The summed E-state index contributed by atoms with van der Waals surface area (Å²) in [7, 11) is 1.55. The Bertz CT molecular complexity index is 1140. The number of nitrogens with zero attached hydrogens (tertiary/aromatic N) is 4. The van der Waals surface area contributed by atoms with Crippen molar-refractivity contribution < 1.29 is 19.0 Å². The monoisotopic (exact) mass is 451 g/mol. The zero-order chi connectivity index (χ0) is 24.0. The van der Waals surface area contributed by atoms with E-state index in [-0.39, 0.29) is 18.3 Å². The summed E-state index contributed by atoms with van der Waals surface area (Å²) in [6.07, 6.45) is 1.47. The van der Waals surface area contributed by atoms with Crippen molar-refractivity contribution in [2.45, 2.75) is 32.9 Å². The number of aliphatic hydroxyl groups is 1. The van der Waals surface area contributed by atoms with E-state index in [1.54, 1.807) is 76.4 Å². The maximum absolute atomic E-state index is 14.0. The Kier molecular flexibility index (Phi) is 7.34. The molecule has 0 fully saturated rings. The molecule has 0 bridgehead atoms. The van der Waals surface area contributed by atoms with Gasteiger partial charge in [0.05, 0.1) is 18.4 Å². The second kappa shape index (κ2) is 10.2. The molecule has 3 rings (SSSR count). The number of anilines is 2. The summed E-state index contributed by atoms with van der Waals surface area (Å²) >= 11 is 0. The van der Waals surface area contributed by atoms with E-state index in [0.717, 1.165) is 0 Å². The summed E-state index contributed by atoms with van der Waals surface area (Å²) in [6, 6.07) is 14.1. The number of hydrogen-bond donors (Lipinski definition) is 2. The number of ether oxygens (including phenoxy) is 1. The molecule has 2 N–H and O–H groups in total. The van der Waals surface area contributed by atoms with Gasteiger partial charge < -0.3 is 15.2 Å². The molecule has 3 aromatic rings. The third kappa shape index (κ3) is 6.11. The van der Waals surface area contributed by atoms with Crippen LogP contribution >= 0.6 is 0 Å². The van der Waals surface area contributed by atoms with E-state index in [1.165, 1.54) is 17.2 Å². The molecule has 9 heteroatoms. The van der Waals surface area contributed by atoms with Gasteiger partial charge in [-0.2, -0.15) is 4.98 Å². The van der Waals surface area contributed by atoms with Crippen LogP contribution in [0.3, 0.4) is 0 Å². The van der Waals surface area contributed by atoms with Gasteiger partial charge in [-0.3, -0.25) is 0 Å². The summed E-state index contributed by atoms with van der Waals surface area (Å²) in [6.45, 7) is 4.87. The standard InChI is InChI=1S/C24H26FN5O3/c1-16(24(2,3)32)28-22-26-14-13-21(29-22)30(18-9-11-19(33-4)12-10-18)23(31)27-15-17-7-5-6-8-20(17)25/h5-14,32H,15H2,1-4H3,(H,27,31). The fourth-order valence-corrected chi connectivity index (χ4v) is 2.78. The molecule has 0 unspecified atom stereocenters. The summed E-state index contributed by atoms with van der Waals surface area (Å²) in [5.41, 5.74) is 0.134. The van der Waals surface area contributed by atoms with Gasteiger partial charge in [-0.15, -0.1) is 0 Å². The molecule has 1 heterocycles. The van der Waals surface area contributed by atoms with Crippen molar-refractivity contribution in [3.8, 4) is 5.75 Å². The number of rotatable bonds is 7. The van der Waals surface area contributed by atoms with E-state index in [4.69, 9.17) is 4.74 Å². The van der Waals surface area contributed by atoms with Crippen molar-refractivity contribution in [3.05, 3.63) is 72.2 Å². The van der Waals surface area contributed by atoms with Crippen molar-refractivity contribution in [2.75, 3.05) is 12.0 Å². The fourth-order valence-electron chi connectivity index (χ4n) is 2.78. The molecule has 0 aliphatic carbocycles. The Morgan fingerprint density at radius 3 is 2.52 bits per heavy atom. The molecule has 8 nitrogen and oxygen atoms in total. The van der Waals surface area contributed by atoms with Crippen LogP contribution in [-0.4, -0.2) is 39.5 Å². The third-order valence-corrected chi connectivity index (χ3v) is 4.93. The molecule has 0 spiro atoms. The van der Waals surface area contributed by atoms with Crippen molar-refractivity contribution in [3.63, 3.8) is 0 Å². The lowest BCUT2D eigenvalue weighted by Crippen LogP contribution is -2.37. The Morgan fingerprint density at radius 1 is 1.18 bits per heavy atom. The zero-order valence-electron chi connectivity index (χ0n) is 18.9. The first-order valence-corrected chi connectivity index (χ1v) is 10.3. The lowest BCUT2D eigenvalue weighted by atomic mass is 10.1. The number of amides is 2. The van der Waals surface area contributed by atoms with Crippen LogP contribution in [0.2, 0.25) is 0 Å². The number of methoxy groups -OCH3 is 1. The van der Waals surface area contributed by atoms with Gasteiger partial charge in [-0.05, 0) is 51.1 Å². The first-order chi connectivity index (χ1) is 15.7. The molecular formula is C24H26FN5O3. The highest BCUT2D eigenvalue weighted by Gasteiger charge is 2.21. The van der Waals surface area contributed by atoms with Gasteiger partial charge in [0, 0.05) is 30.1 Å². The second-order valence-corrected chi connectivity index (χ2v) is 7.75. The fraction of sp³-hybridized carbons (Fsp3) is 0.250. The molecule has 0 atom stereocenters. The average molecular weight is 452 g/mol. The predicted molar refractivity (Wildman–Crippen MR) is 125 cm³/mol. The Morgan fingerprint density at radius 2 is 1.88 bits per heavy atom. The smallest absolute Gasteiger partial charge is 0.327 e. The topological polar surface area (TPSA) is 99.9 Å². The van der Waals surface area contributed by atoms with Crippen LogP contribution in [0.15, 0.2) is 65.8 Å². The second-order valence-electron chi connectivity index (χ2n) is 7.75. The molecular weight excluding hydrogens is 425 g/mol. The molecule has 0 radical (unpaired) electrons. The van der Waals surface area contributed by atoms with E-state index in [2.05, 4.69) is 20.3 Å². The molecule has 0 aliphatic heterocycles.